The Bertz CT molecular complexity index is 1020. The number of phenols is 1. The number of nitrogens with one attached hydrogen (secondary N) is 2. The predicted molar refractivity (Wildman–Crippen MR) is 116 cm³/mol. The molecular weight excluding hydrogens is 370 g/mol. The normalized spacial score (nSPS) is 12.2. The molecule has 0 saturated heterocycles. The van der Waals surface area contributed by atoms with E-state index < -0.39 is 0 Å². The molecule has 0 amide bonds. The van der Waals surface area contributed by atoms with Crippen molar-refractivity contribution in [1.82, 2.24) is 10.2 Å². The van der Waals surface area contributed by atoms with Gasteiger partial charge in [-0.3, -0.25) is 0 Å². The summed E-state index contributed by atoms with van der Waals surface area (Å²) in [4.78, 5) is 0.236. The van der Waals surface area contributed by atoms with Gasteiger partial charge in [0.2, 0.25) is 5.89 Å². The van der Waals surface area contributed by atoms with Crippen molar-refractivity contribution in [2.24, 2.45) is 0 Å². The van der Waals surface area contributed by atoms with Crippen molar-refractivity contribution in [3.63, 3.8) is 0 Å². The number of anilines is 2. The second-order valence-electron chi connectivity index (χ2n) is 9.01. The molecule has 1 aromatic heterocycles. The number of aromatic nitrogens is 2. The standard InChI is InChI=1S/C22H27N3O2S/c1-21(2,3)15-11-13(12-16(18(15)26)22(4,5)6)23-17-10-8-7-9-14(17)19-24-25-20(28)27-19/h7-12,23,26H,1-6H3,(H,25,28). The maximum absolute atomic E-state index is 10.9. The van der Waals surface area contributed by atoms with Gasteiger partial charge < -0.3 is 14.8 Å². The third kappa shape index (κ3) is 4.12. The van der Waals surface area contributed by atoms with Crippen LogP contribution in [0, 0.1) is 4.84 Å². The molecule has 0 aliphatic rings. The molecule has 0 aliphatic carbocycles. The van der Waals surface area contributed by atoms with Gasteiger partial charge in [0.25, 0.3) is 4.84 Å². The van der Waals surface area contributed by atoms with Crippen molar-refractivity contribution in [1.29, 1.82) is 0 Å². The van der Waals surface area contributed by atoms with Crippen LogP contribution in [-0.2, 0) is 10.8 Å². The monoisotopic (exact) mass is 397 g/mol. The molecule has 0 aliphatic heterocycles. The zero-order valence-corrected chi connectivity index (χ0v) is 18.0. The van der Waals surface area contributed by atoms with Crippen molar-refractivity contribution in [2.75, 3.05) is 5.32 Å². The Morgan fingerprint density at radius 2 is 1.57 bits per heavy atom. The smallest absolute Gasteiger partial charge is 0.284 e. The number of hydrogen-bond donors (Lipinski definition) is 3. The molecule has 3 N–H and O–H groups in total. The Hall–Kier alpha value is -2.60. The Balaban J connectivity index is 2.13. The molecular formula is C22H27N3O2S. The number of phenolic OH excluding ortho intramolecular Hbond substituents is 1. The number of aromatic amines is 1. The summed E-state index contributed by atoms with van der Waals surface area (Å²) < 4.78 is 5.49. The minimum atomic E-state index is -0.198. The molecule has 1 heterocycles. The Morgan fingerprint density at radius 3 is 2.07 bits per heavy atom. The number of nitrogens with zero attached hydrogens (tertiary/aromatic N) is 1. The first-order valence-electron chi connectivity index (χ1n) is 9.27. The molecule has 2 aromatic carbocycles. The van der Waals surface area contributed by atoms with Gasteiger partial charge in [-0.2, -0.15) is 0 Å². The fourth-order valence-electron chi connectivity index (χ4n) is 3.13. The Morgan fingerprint density at radius 1 is 1.00 bits per heavy atom. The van der Waals surface area contributed by atoms with E-state index in [2.05, 4.69) is 57.1 Å². The highest BCUT2D eigenvalue weighted by Gasteiger charge is 2.26. The highest BCUT2D eigenvalue weighted by atomic mass is 32.1. The summed E-state index contributed by atoms with van der Waals surface area (Å²) in [5.41, 5.74) is 3.95. The van der Waals surface area contributed by atoms with Crippen LogP contribution in [0.15, 0.2) is 40.8 Å². The van der Waals surface area contributed by atoms with Crippen molar-refractivity contribution in [3.05, 3.63) is 52.4 Å². The lowest BCUT2D eigenvalue weighted by atomic mass is 9.79. The van der Waals surface area contributed by atoms with E-state index >= 15 is 0 Å². The fourth-order valence-corrected chi connectivity index (χ4v) is 3.25. The summed E-state index contributed by atoms with van der Waals surface area (Å²) in [6, 6.07) is 11.8. The van der Waals surface area contributed by atoms with Crippen LogP contribution in [0.4, 0.5) is 11.4 Å². The van der Waals surface area contributed by atoms with Crippen molar-refractivity contribution < 1.29 is 9.52 Å². The van der Waals surface area contributed by atoms with E-state index in [1.807, 2.05) is 36.4 Å². The molecule has 28 heavy (non-hydrogen) atoms. The summed E-state index contributed by atoms with van der Waals surface area (Å²) in [5.74, 6) is 0.788. The highest BCUT2D eigenvalue weighted by molar-refractivity contribution is 7.71. The summed E-state index contributed by atoms with van der Waals surface area (Å²) in [7, 11) is 0. The lowest BCUT2D eigenvalue weighted by Gasteiger charge is -2.28. The van der Waals surface area contributed by atoms with Gasteiger partial charge in [0.15, 0.2) is 0 Å². The van der Waals surface area contributed by atoms with E-state index in [1.54, 1.807) is 0 Å². The first-order chi connectivity index (χ1) is 13.0. The minimum absolute atomic E-state index is 0.198. The van der Waals surface area contributed by atoms with Crippen LogP contribution in [0.5, 0.6) is 5.75 Å². The van der Waals surface area contributed by atoms with Crippen LogP contribution < -0.4 is 5.32 Å². The second-order valence-corrected chi connectivity index (χ2v) is 9.38. The molecule has 0 radical (unpaired) electrons. The van der Waals surface area contributed by atoms with Crippen molar-refractivity contribution in [2.45, 2.75) is 52.4 Å². The van der Waals surface area contributed by atoms with Crippen LogP contribution in [0.3, 0.4) is 0 Å². The number of rotatable bonds is 3. The van der Waals surface area contributed by atoms with Gasteiger partial charge in [0.05, 0.1) is 11.3 Å². The maximum Gasteiger partial charge on any atom is 0.284 e. The van der Waals surface area contributed by atoms with Gasteiger partial charge in [0.1, 0.15) is 5.75 Å². The van der Waals surface area contributed by atoms with Crippen LogP contribution in [-0.4, -0.2) is 15.3 Å². The molecule has 5 nitrogen and oxygen atoms in total. The molecule has 0 spiro atoms. The summed E-state index contributed by atoms with van der Waals surface area (Å²) >= 11 is 5.00. The van der Waals surface area contributed by atoms with Crippen LogP contribution >= 0.6 is 12.2 Å². The van der Waals surface area contributed by atoms with Gasteiger partial charge >= 0.3 is 0 Å². The average Bonchev–Trinajstić information content (AvgIpc) is 3.01. The number of hydrogen-bond acceptors (Lipinski definition) is 5. The lowest BCUT2D eigenvalue weighted by Crippen LogP contribution is -2.17. The van der Waals surface area contributed by atoms with Gasteiger partial charge in [-0.15, -0.1) is 5.10 Å². The number of aromatic hydroxyl groups is 1. The number of para-hydroxylation sites is 1. The molecule has 3 rings (SSSR count). The van der Waals surface area contributed by atoms with Crippen LogP contribution in [0.25, 0.3) is 11.5 Å². The third-order valence-corrected chi connectivity index (χ3v) is 4.78. The highest BCUT2D eigenvalue weighted by Crippen LogP contribution is 2.42. The van der Waals surface area contributed by atoms with Gasteiger partial charge in [-0.25, -0.2) is 5.10 Å². The van der Waals surface area contributed by atoms with Gasteiger partial charge in [-0.1, -0.05) is 53.7 Å². The average molecular weight is 398 g/mol. The largest absolute Gasteiger partial charge is 0.507 e. The van der Waals surface area contributed by atoms with Crippen molar-refractivity contribution >= 4 is 23.6 Å². The molecule has 3 aromatic rings. The second kappa shape index (κ2) is 7.09. The molecule has 0 fully saturated rings. The zero-order valence-electron chi connectivity index (χ0n) is 17.2. The van der Waals surface area contributed by atoms with Crippen LogP contribution in [0.2, 0.25) is 0 Å². The summed E-state index contributed by atoms with van der Waals surface area (Å²) in [5, 5.41) is 21.2. The van der Waals surface area contributed by atoms with Crippen molar-refractivity contribution in [3.8, 4) is 17.2 Å². The first-order valence-corrected chi connectivity index (χ1v) is 9.67. The molecule has 0 bridgehead atoms. The Kier molecular flexibility index (Phi) is 5.10. The predicted octanol–water partition coefficient (Wildman–Crippen LogP) is 6.44. The third-order valence-electron chi connectivity index (χ3n) is 4.60. The van der Waals surface area contributed by atoms with Crippen LogP contribution in [0.1, 0.15) is 52.7 Å². The molecule has 148 valence electrons. The minimum Gasteiger partial charge on any atom is -0.507 e. The summed E-state index contributed by atoms with van der Waals surface area (Å²) in [6.45, 7) is 12.6. The first kappa shape index (κ1) is 20.1. The van der Waals surface area contributed by atoms with E-state index in [-0.39, 0.29) is 15.7 Å². The number of H-pyrrole nitrogens is 1. The molecule has 0 unspecified atom stereocenters. The van der Waals surface area contributed by atoms with E-state index in [0.717, 1.165) is 28.1 Å². The van der Waals surface area contributed by atoms with E-state index in [4.69, 9.17) is 16.6 Å². The van der Waals surface area contributed by atoms with E-state index in [1.165, 1.54) is 0 Å². The molecule has 0 atom stereocenters. The zero-order chi connectivity index (χ0) is 20.7. The molecule has 6 heteroatoms. The van der Waals surface area contributed by atoms with E-state index in [9.17, 15) is 5.11 Å². The maximum atomic E-state index is 10.9. The number of benzene rings is 2. The SMILES string of the molecule is CC(C)(C)c1cc(Nc2ccccc2-c2n[nH]c(=S)o2)cc(C(C)(C)C)c1O. The topological polar surface area (TPSA) is 74.1 Å². The lowest BCUT2D eigenvalue weighted by molar-refractivity contribution is 0.423. The Labute approximate surface area is 170 Å². The quantitative estimate of drug-likeness (QED) is 0.350. The van der Waals surface area contributed by atoms with E-state index in [0.29, 0.717) is 11.6 Å². The fraction of sp³-hybridized carbons (Fsp3) is 0.364. The van der Waals surface area contributed by atoms with Gasteiger partial charge in [0, 0.05) is 16.8 Å². The summed E-state index contributed by atoms with van der Waals surface area (Å²) in [6.07, 6.45) is 0. The van der Waals surface area contributed by atoms with Gasteiger partial charge in [-0.05, 0) is 47.3 Å². The molecule has 0 saturated carbocycles.